The number of carbonyl (C=O) groups excluding carboxylic acids is 2. The number of amides is 2. The highest BCUT2D eigenvalue weighted by Crippen LogP contribution is 2.01. The first-order valence-electron chi connectivity index (χ1n) is 2.36. The third-order valence-electron chi connectivity index (χ3n) is 0.951. The summed E-state index contributed by atoms with van der Waals surface area (Å²) >= 11 is 0. The fourth-order valence-electron chi connectivity index (χ4n) is 0.567. The maximum atomic E-state index is 10.5. The van der Waals surface area contributed by atoms with Gasteiger partial charge in [0.05, 0.1) is 7.11 Å². The Bertz CT molecular complexity index is 167. The molecule has 48 valence electrons. The summed E-state index contributed by atoms with van der Waals surface area (Å²) in [4.78, 5) is 25.4. The van der Waals surface area contributed by atoms with Gasteiger partial charge in [-0.15, -0.1) is 5.06 Å². The van der Waals surface area contributed by atoms with Crippen molar-refractivity contribution in [2.45, 2.75) is 0 Å². The van der Waals surface area contributed by atoms with Crippen molar-refractivity contribution in [3.63, 3.8) is 0 Å². The zero-order chi connectivity index (χ0) is 6.85. The van der Waals surface area contributed by atoms with E-state index in [1.54, 1.807) is 0 Å². The van der Waals surface area contributed by atoms with Gasteiger partial charge in [-0.1, -0.05) is 0 Å². The van der Waals surface area contributed by atoms with Gasteiger partial charge in [-0.3, -0.25) is 14.4 Å². The molecule has 0 aliphatic carbocycles. The molecule has 0 unspecified atom stereocenters. The Labute approximate surface area is 51.7 Å². The monoisotopic (exact) mass is 127 g/mol. The maximum Gasteiger partial charge on any atom is 0.277 e. The van der Waals surface area contributed by atoms with Gasteiger partial charge in [0.1, 0.15) is 0 Å². The van der Waals surface area contributed by atoms with Crippen LogP contribution in [-0.2, 0) is 14.4 Å². The summed E-state index contributed by atoms with van der Waals surface area (Å²) in [7, 11) is 1.27. The van der Waals surface area contributed by atoms with Crippen molar-refractivity contribution in [1.29, 1.82) is 0 Å². The summed E-state index contributed by atoms with van der Waals surface area (Å²) in [5.74, 6) is -0.856. The van der Waals surface area contributed by atoms with Crippen molar-refractivity contribution in [2.75, 3.05) is 7.11 Å². The van der Waals surface area contributed by atoms with Crippen molar-refractivity contribution < 1.29 is 14.4 Å². The Morgan fingerprint density at radius 2 is 1.78 bits per heavy atom. The molecule has 0 bridgehead atoms. The SMILES string of the molecule is CON1C(=O)C=CC1=O. The van der Waals surface area contributed by atoms with Gasteiger partial charge in [-0.25, -0.2) is 0 Å². The van der Waals surface area contributed by atoms with E-state index in [-0.39, 0.29) is 0 Å². The predicted molar refractivity (Wildman–Crippen MR) is 28.0 cm³/mol. The quantitative estimate of drug-likeness (QED) is 0.445. The summed E-state index contributed by atoms with van der Waals surface area (Å²) in [6.45, 7) is 0. The molecule has 1 aliphatic rings. The van der Waals surface area contributed by atoms with Crippen molar-refractivity contribution in [1.82, 2.24) is 5.06 Å². The van der Waals surface area contributed by atoms with E-state index in [0.717, 1.165) is 12.2 Å². The molecule has 0 saturated carbocycles. The van der Waals surface area contributed by atoms with Crippen LogP contribution in [0.1, 0.15) is 0 Å². The van der Waals surface area contributed by atoms with E-state index in [2.05, 4.69) is 4.84 Å². The third-order valence-corrected chi connectivity index (χ3v) is 0.951. The predicted octanol–water partition coefficient (Wildman–Crippen LogP) is -0.527. The average Bonchev–Trinajstić information content (AvgIpc) is 2.12. The molecule has 0 aromatic carbocycles. The second-order valence-corrected chi connectivity index (χ2v) is 1.49. The zero-order valence-corrected chi connectivity index (χ0v) is 4.83. The minimum atomic E-state index is -0.428. The van der Waals surface area contributed by atoms with Crippen LogP contribution in [0.4, 0.5) is 0 Å². The topological polar surface area (TPSA) is 46.6 Å². The smallest absolute Gasteiger partial charge is 0.267 e. The first kappa shape index (κ1) is 5.97. The molecule has 0 atom stereocenters. The van der Waals surface area contributed by atoms with Crippen LogP contribution >= 0.6 is 0 Å². The third kappa shape index (κ3) is 0.837. The lowest BCUT2D eigenvalue weighted by Gasteiger charge is -2.07. The first-order chi connectivity index (χ1) is 4.25. The van der Waals surface area contributed by atoms with Crippen LogP contribution in [0.5, 0.6) is 0 Å². The molecule has 4 nitrogen and oxygen atoms in total. The molecule has 1 heterocycles. The van der Waals surface area contributed by atoms with Gasteiger partial charge in [0.15, 0.2) is 0 Å². The van der Waals surface area contributed by atoms with E-state index in [1.165, 1.54) is 7.11 Å². The van der Waals surface area contributed by atoms with Crippen LogP contribution < -0.4 is 0 Å². The molecule has 2 amide bonds. The number of hydrogen-bond acceptors (Lipinski definition) is 3. The van der Waals surface area contributed by atoms with Gasteiger partial charge in [-0.2, -0.15) is 0 Å². The fraction of sp³-hybridized carbons (Fsp3) is 0.200. The lowest BCUT2D eigenvalue weighted by atomic mass is 10.6. The average molecular weight is 127 g/mol. The van der Waals surface area contributed by atoms with Crippen LogP contribution in [0.3, 0.4) is 0 Å². The molecule has 0 N–H and O–H groups in total. The Balaban J connectivity index is 2.75. The second kappa shape index (κ2) is 1.99. The van der Waals surface area contributed by atoms with Gasteiger partial charge in [-0.05, 0) is 0 Å². The van der Waals surface area contributed by atoms with E-state index in [0.29, 0.717) is 5.06 Å². The normalized spacial score (nSPS) is 17.7. The number of hydroxylamine groups is 2. The highest BCUT2D eigenvalue weighted by Gasteiger charge is 2.22. The highest BCUT2D eigenvalue weighted by atomic mass is 16.7. The molecule has 4 heteroatoms. The number of imide groups is 1. The minimum absolute atomic E-state index is 0.428. The van der Waals surface area contributed by atoms with Crippen LogP contribution in [0.25, 0.3) is 0 Å². The van der Waals surface area contributed by atoms with Crippen molar-refractivity contribution in [3.05, 3.63) is 12.2 Å². The summed E-state index contributed by atoms with van der Waals surface area (Å²) in [5, 5.41) is 0.681. The number of carbonyl (C=O) groups is 2. The maximum absolute atomic E-state index is 10.5. The van der Waals surface area contributed by atoms with Gasteiger partial charge in [0, 0.05) is 12.2 Å². The van der Waals surface area contributed by atoms with Crippen molar-refractivity contribution in [2.24, 2.45) is 0 Å². The second-order valence-electron chi connectivity index (χ2n) is 1.49. The molecule has 1 rings (SSSR count). The molecule has 1 aliphatic heterocycles. The van der Waals surface area contributed by atoms with Gasteiger partial charge >= 0.3 is 0 Å². The van der Waals surface area contributed by atoms with Crippen LogP contribution in [0.15, 0.2) is 12.2 Å². The Morgan fingerprint density at radius 1 is 1.33 bits per heavy atom. The lowest BCUT2D eigenvalue weighted by molar-refractivity contribution is -0.177. The summed E-state index contributed by atoms with van der Waals surface area (Å²) in [5.41, 5.74) is 0. The van der Waals surface area contributed by atoms with Gasteiger partial charge in [0.2, 0.25) is 0 Å². The van der Waals surface area contributed by atoms with E-state index < -0.39 is 11.8 Å². The molecule has 0 aromatic rings. The van der Waals surface area contributed by atoms with E-state index in [9.17, 15) is 9.59 Å². The van der Waals surface area contributed by atoms with Crippen LogP contribution in [0, 0.1) is 0 Å². The zero-order valence-electron chi connectivity index (χ0n) is 4.83. The largest absolute Gasteiger partial charge is 0.277 e. The Hall–Kier alpha value is -1.16. The number of hydrogen-bond donors (Lipinski definition) is 0. The number of nitrogens with zero attached hydrogens (tertiary/aromatic N) is 1. The van der Waals surface area contributed by atoms with Gasteiger partial charge in [0.25, 0.3) is 11.8 Å². The van der Waals surface area contributed by atoms with Gasteiger partial charge < -0.3 is 0 Å². The highest BCUT2D eigenvalue weighted by molar-refractivity contribution is 6.11. The molecule has 9 heavy (non-hydrogen) atoms. The molecular formula is C5H5NO3. The minimum Gasteiger partial charge on any atom is -0.267 e. The molecule has 0 spiro atoms. The first-order valence-corrected chi connectivity index (χ1v) is 2.36. The standard InChI is InChI=1S/C5H5NO3/c1-9-6-4(7)2-3-5(6)8/h2-3H,1H3. The van der Waals surface area contributed by atoms with Crippen molar-refractivity contribution >= 4 is 11.8 Å². The molecule has 0 fully saturated rings. The summed E-state index contributed by atoms with van der Waals surface area (Å²) in [6, 6.07) is 0. The Kier molecular flexibility index (Phi) is 1.32. The van der Waals surface area contributed by atoms with Crippen LogP contribution in [-0.4, -0.2) is 24.0 Å². The fourth-order valence-corrected chi connectivity index (χ4v) is 0.567. The van der Waals surface area contributed by atoms with Crippen LogP contribution in [0.2, 0.25) is 0 Å². The van der Waals surface area contributed by atoms with E-state index in [4.69, 9.17) is 0 Å². The number of rotatable bonds is 1. The molecule has 0 aromatic heterocycles. The van der Waals surface area contributed by atoms with E-state index in [1.807, 2.05) is 0 Å². The molecular weight excluding hydrogens is 122 g/mol. The molecule has 0 saturated heterocycles. The van der Waals surface area contributed by atoms with E-state index >= 15 is 0 Å². The van der Waals surface area contributed by atoms with Crippen molar-refractivity contribution in [3.8, 4) is 0 Å². The summed E-state index contributed by atoms with van der Waals surface area (Å²) < 4.78 is 0. The molecule has 0 radical (unpaired) electrons. The lowest BCUT2D eigenvalue weighted by Crippen LogP contribution is -2.28. The Morgan fingerprint density at radius 3 is 2.00 bits per heavy atom. The summed E-state index contributed by atoms with van der Waals surface area (Å²) in [6.07, 6.45) is 2.32.